The van der Waals surface area contributed by atoms with Gasteiger partial charge >= 0.3 is 0 Å². The maximum Gasteiger partial charge on any atom is 0.240 e. The lowest BCUT2D eigenvalue weighted by Gasteiger charge is -2.19. The summed E-state index contributed by atoms with van der Waals surface area (Å²) in [5.41, 5.74) is 1.93. The molecule has 2 aromatic rings. The zero-order valence-corrected chi connectivity index (χ0v) is 16.5. The molecule has 0 amide bonds. The van der Waals surface area contributed by atoms with Gasteiger partial charge in [0, 0.05) is 11.6 Å². The fourth-order valence-electron chi connectivity index (χ4n) is 2.26. The Balaban J connectivity index is 1.93. The normalized spacial score (nSPS) is 12.2. The molecule has 0 heterocycles. The van der Waals surface area contributed by atoms with Gasteiger partial charge in [0.25, 0.3) is 0 Å². The Labute approximate surface area is 155 Å². The molecular formula is C19H24ClNO3S. The van der Waals surface area contributed by atoms with Crippen molar-refractivity contribution in [3.05, 3.63) is 58.6 Å². The van der Waals surface area contributed by atoms with E-state index in [1.807, 2.05) is 18.2 Å². The number of rotatable bonds is 6. The van der Waals surface area contributed by atoms with Crippen LogP contribution in [0.15, 0.2) is 47.4 Å². The van der Waals surface area contributed by atoms with Crippen LogP contribution in [0.5, 0.6) is 5.75 Å². The minimum Gasteiger partial charge on any atom is -0.492 e. The zero-order valence-electron chi connectivity index (χ0n) is 15.0. The van der Waals surface area contributed by atoms with Crippen LogP contribution < -0.4 is 9.46 Å². The minimum absolute atomic E-state index is 0.0351. The predicted octanol–water partition coefficient (Wildman–Crippen LogP) is 4.30. The summed E-state index contributed by atoms with van der Waals surface area (Å²) in [6, 6.07) is 12.5. The smallest absolute Gasteiger partial charge is 0.240 e. The average Bonchev–Trinajstić information content (AvgIpc) is 2.53. The van der Waals surface area contributed by atoms with E-state index in [0.717, 1.165) is 11.3 Å². The molecule has 0 aliphatic heterocycles. The summed E-state index contributed by atoms with van der Waals surface area (Å²) in [5, 5.41) is 0.543. The average molecular weight is 382 g/mol. The number of sulfonamides is 1. The van der Waals surface area contributed by atoms with E-state index < -0.39 is 10.0 Å². The molecule has 0 unspecified atom stereocenters. The number of ether oxygens (including phenoxy) is 1. The van der Waals surface area contributed by atoms with E-state index in [0.29, 0.717) is 5.02 Å². The molecule has 4 nitrogen and oxygen atoms in total. The molecule has 1 N–H and O–H groups in total. The SMILES string of the molecule is Cc1cc(S(=O)(=O)NCCOc2cccc(C(C)(C)C)c2)ccc1Cl. The number of nitrogens with one attached hydrogen (secondary N) is 1. The largest absolute Gasteiger partial charge is 0.492 e. The first-order chi connectivity index (χ1) is 11.6. The van der Waals surface area contributed by atoms with Crippen molar-refractivity contribution in [2.24, 2.45) is 0 Å². The Hall–Kier alpha value is -1.56. The van der Waals surface area contributed by atoms with E-state index in [4.69, 9.17) is 16.3 Å². The Morgan fingerprint density at radius 2 is 1.84 bits per heavy atom. The van der Waals surface area contributed by atoms with Crippen LogP contribution in [0, 0.1) is 6.92 Å². The van der Waals surface area contributed by atoms with Gasteiger partial charge in [-0.3, -0.25) is 0 Å². The summed E-state index contributed by atoms with van der Waals surface area (Å²) in [7, 11) is -3.57. The minimum atomic E-state index is -3.57. The summed E-state index contributed by atoms with van der Waals surface area (Å²) in [4.78, 5) is 0.198. The van der Waals surface area contributed by atoms with Crippen LogP contribution in [0.1, 0.15) is 31.9 Å². The van der Waals surface area contributed by atoms with Crippen molar-refractivity contribution in [3.63, 3.8) is 0 Å². The summed E-state index contributed by atoms with van der Waals surface area (Å²) in [5.74, 6) is 0.731. The lowest BCUT2D eigenvalue weighted by molar-refractivity contribution is 0.322. The second-order valence-corrected chi connectivity index (χ2v) is 9.11. The Morgan fingerprint density at radius 3 is 2.48 bits per heavy atom. The lowest BCUT2D eigenvalue weighted by Crippen LogP contribution is -2.28. The van der Waals surface area contributed by atoms with Crippen molar-refractivity contribution < 1.29 is 13.2 Å². The molecule has 0 bridgehead atoms. The van der Waals surface area contributed by atoms with Crippen molar-refractivity contribution in [1.82, 2.24) is 4.72 Å². The Bertz CT molecular complexity index is 842. The summed E-state index contributed by atoms with van der Waals surface area (Å²) in [6.07, 6.45) is 0. The van der Waals surface area contributed by atoms with Crippen molar-refractivity contribution >= 4 is 21.6 Å². The van der Waals surface area contributed by atoms with Crippen molar-refractivity contribution in [1.29, 1.82) is 0 Å². The van der Waals surface area contributed by atoms with E-state index >= 15 is 0 Å². The number of aryl methyl sites for hydroxylation is 1. The van der Waals surface area contributed by atoms with E-state index in [9.17, 15) is 8.42 Å². The standard InChI is InChI=1S/C19H24ClNO3S/c1-14-12-17(8-9-18(14)20)25(22,23)21-10-11-24-16-7-5-6-15(13-16)19(2,3)4/h5-9,12-13,21H,10-11H2,1-4H3. The molecule has 0 aliphatic rings. The van der Waals surface area contributed by atoms with Crippen LogP contribution in [0.25, 0.3) is 0 Å². The molecule has 0 saturated carbocycles. The van der Waals surface area contributed by atoms with E-state index in [1.165, 1.54) is 11.6 Å². The first-order valence-corrected chi connectivity index (χ1v) is 9.95. The fraction of sp³-hybridized carbons (Fsp3) is 0.368. The van der Waals surface area contributed by atoms with Crippen molar-refractivity contribution in [3.8, 4) is 5.75 Å². The van der Waals surface area contributed by atoms with Gasteiger partial charge in [-0.15, -0.1) is 0 Å². The number of halogens is 1. The number of benzene rings is 2. The number of hydrogen-bond acceptors (Lipinski definition) is 3. The molecule has 0 spiro atoms. The molecule has 136 valence electrons. The maximum atomic E-state index is 12.3. The van der Waals surface area contributed by atoms with Gasteiger partial charge in [0.15, 0.2) is 0 Å². The quantitative estimate of drug-likeness (QED) is 0.759. The van der Waals surface area contributed by atoms with Gasteiger partial charge in [0.2, 0.25) is 10.0 Å². The first-order valence-electron chi connectivity index (χ1n) is 8.09. The molecule has 2 rings (SSSR count). The lowest BCUT2D eigenvalue weighted by atomic mass is 9.87. The van der Waals surface area contributed by atoms with Crippen LogP contribution in [-0.2, 0) is 15.4 Å². The second-order valence-electron chi connectivity index (χ2n) is 6.94. The molecule has 0 atom stereocenters. The topological polar surface area (TPSA) is 55.4 Å². The van der Waals surface area contributed by atoms with Crippen LogP contribution >= 0.6 is 11.6 Å². The van der Waals surface area contributed by atoms with E-state index in [1.54, 1.807) is 19.1 Å². The third-order valence-electron chi connectivity index (χ3n) is 3.80. The Morgan fingerprint density at radius 1 is 1.12 bits per heavy atom. The van der Waals surface area contributed by atoms with E-state index in [2.05, 4.69) is 31.6 Å². The second kappa shape index (κ2) is 7.77. The van der Waals surface area contributed by atoms with Gasteiger partial charge in [-0.25, -0.2) is 13.1 Å². The molecule has 0 aliphatic carbocycles. The summed E-state index contributed by atoms with van der Waals surface area (Å²) in [6.45, 7) is 8.60. The highest BCUT2D eigenvalue weighted by atomic mass is 35.5. The fourth-order valence-corrected chi connectivity index (χ4v) is 3.48. The maximum absolute atomic E-state index is 12.3. The number of hydrogen-bond donors (Lipinski definition) is 1. The summed E-state index contributed by atoms with van der Waals surface area (Å²) >= 11 is 5.93. The van der Waals surface area contributed by atoms with Gasteiger partial charge in [0.05, 0.1) is 4.90 Å². The first kappa shape index (κ1) is 19.8. The molecule has 6 heteroatoms. The van der Waals surface area contributed by atoms with Gasteiger partial charge in [0.1, 0.15) is 12.4 Å². The van der Waals surface area contributed by atoms with Gasteiger partial charge in [-0.05, 0) is 53.8 Å². The van der Waals surface area contributed by atoms with Gasteiger partial charge in [-0.1, -0.05) is 44.5 Å². The molecule has 2 aromatic carbocycles. The highest BCUT2D eigenvalue weighted by molar-refractivity contribution is 7.89. The third kappa shape index (κ3) is 5.46. The monoisotopic (exact) mass is 381 g/mol. The Kier molecular flexibility index (Phi) is 6.14. The third-order valence-corrected chi connectivity index (χ3v) is 5.69. The molecule has 0 radical (unpaired) electrons. The molecular weight excluding hydrogens is 358 g/mol. The molecule has 0 saturated heterocycles. The van der Waals surface area contributed by atoms with Crippen molar-refractivity contribution in [2.75, 3.05) is 13.2 Å². The highest BCUT2D eigenvalue weighted by Gasteiger charge is 2.15. The molecule has 0 fully saturated rings. The van der Waals surface area contributed by atoms with E-state index in [-0.39, 0.29) is 23.5 Å². The van der Waals surface area contributed by atoms with Crippen LogP contribution in [-0.4, -0.2) is 21.6 Å². The summed E-state index contributed by atoms with van der Waals surface area (Å²) < 4.78 is 32.8. The molecule has 25 heavy (non-hydrogen) atoms. The van der Waals surface area contributed by atoms with Crippen molar-refractivity contribution in [2.45, 2.75) is 38.0 Å². The van der Waals surface area contributed by atoms with Crippen LogP contribution in [0.2, 0.25) is 5.02 Å². The van der Waals surface area contributed by atoms with Gasteiger partial charge < -0.3 is 4.74 Å². The predicted molar refractivity (Wildman–Crippen MR) is 102 cm³/mol. The van der Waals surface area contributed by atoms with Crippen LogP contribution in [0.4, 0.5) is 0 Å². The van der Waals surface area contributed by atoms with Gasteiger partial charge in [-0.2, -0.15) is 0 Å². The van der Waals surface area contributed by atoms with Crippen LogP contribution in [0.3, 0.4) is 0 Å². The highest BCUT2D eigenvalue weighted by Crippen LogP contribution is 2.25. The molecule has 0 aromatic heterocycles. The zero-order chi connectivity index (χ0) is 18.7.